The number of carbonyl (C=O) groups excluding carboxylic acids is 3. The Kier molecular flexibility index (Phi) is 49.9. The highest BCUT2D eigenvalue weighted by atomic mass is 16.6. The molecule has 0 aromatic rings. The average Bonchev–Trinajstić information content (AvgIpc) is 3.29. The molecule has 0 bridgehead atoms. The molecule has 368 valence electrons. The van der Waals surface area contributed by atoms with Crippen molar-refractivity contribution in [3.05, 3.63) is 72.9 Å². The summed E-state index contributed by atoms with van der Waals surface area (Å²) in [7, 11) is 0. The normalized spacial score (nSPS) is 12.6. The van der Waals surface area contributed by atoms with Gasteiger partial charge in [0.05, 0.1) is 0 Å². The van der Waals surface area contributed by atoms with Crippen LogP contribution in [0.15, 0.2) is 72.9 Å². The van der Waals surface area contributed by atoms with Crippen LogP contribution < -0.4 is 0 Å². The van der Waals surface area contributed by atoms with Crippen molar-refractivity contribution in [3.8, 4) is 0 Å². The van der Waals surface area contributed by atoms with Gasteiger partial charge in [-0.05, 0) is 103 Å². The van der Waals surface area contributed by atoms with E-state index in [1.807, 2.05) is 0 Å². The van der Waals surface area contributed by atoms with Gasteiger partial charge < -0.3 is 14.2 Å². The first-order chi connectivity index (χ1) is 31.5. The third kappa shape index (κ3) is 49.9. The second-order valence-corrected chi connectivity index (χ2v) is 17.7. The lowest BCUT2D eigenvalue weighted by atomic mass is 10.1. The van der Waals surface area contributed by atoms with Gasteiger partial charge in [0.25, 0.3) is 0 Å². The predicted molar refractivity (Wildman–Crippen MR) is 274 cm³/mol. The Morgan fingerprint density at radius 1 is 0.328 bits per heavy atom. The van der Waals surface area contributed by atoms with E-state index in [-0.39, 0.29) is 31.1 Å². The van der Waals surface area contributed by atoms with Crippen LogP contribution in [-0.2, 0) is 28.6 Å². The minimum absolute atomic E-state index is 0.0892. The molecular formula is C58H100O6. The monoisotopic (exact) mass is 893 g/mol. The molecule has 0 aliphatic carbocycles. The molecule has 1 atom stereocenters. The van der Waals surface area contributed by atoms with Crippen LogP contribution >= 0.6 is 0 Å². The predicted octanol–water partition coefficient (Wildman–Crippen LogP) is 17.8. The quantitative estimate of drug-likeness (QED) is 0.0262. The molecule has 6 nitrogen and oxygen atoms in total. The van der Waals surface area contributed by atoms with Gasteiger partial charge in [0.15, 0.2) is 6.10 Å². The molecule has 0 amide bonds. The molecule has 0 aliphatic rings. The van der Waals surface area contributed by atoms with Crippen molar-refractivity contribution in [1.82, 2.24) is 0 Å². The summed E-state index contributed by atoms with van der Waals surface area (Å²) in [5.74, 6) is -0.921. The second-order valence-electron chi connectivity index (χ2n) is 17.7. The summed E-state index contributed by atoms with van der Waals surface area (Å²) in [4.78, 5) is 38.0. The molecule has 0 radical (unpaired) electrons. The Morgan fingerprint density at radius 2 is 0.625 bits per heavy atom. The minimum Gasteiger partial charge on any atom is -0.462 e. The Hall–Kier alpha value is -3.15. The van der Waals surface area contributed by atoms with Crippen LogP contribution in [0.2, 0.25) is 0 Å². The Morgan fingerprint density at radius 3 is 1.02 bits per heavy atom. The van der Waals surface area contributed by atoms with Crippen molar-refractivity contribution in [2.45, 2.75) is 264 Å². The molecule has 0 aromatic carbocycles. The van der Waals surface area contributed by atoms with Crippen LogP contribution in [0.3, 0.4) is 0 Å². The van der Waals surface area contributed by atoms with Gasteiger partial charge in [-0.1, -0.05) is 209 Å². The first-order valence-corrected chi connectivity index (χ1v) is 26.9. The maximum atomic E-state index is 12.8. The molecule has 0 saturated carbocycles. The molecule has 0 N–H and O–H groups in total. The smallest absolute Gasteiger partial charge is 0.306 e. The van der Waals surface area contributed by atoms with Gasteiger partial charge in [-0.25, -0.2) is 0 Å². The molecule has 0 fully saturated rings. The van der Waals surface area contributed by atoms with Crippen LogP contribution in [0.25, 0.3) is 0 Å². The zero-order chi connectivity index (χ0) is 46.5. The van der Waals surface area contributed by atoms with Gasteiger partial charge in [0.1, 0.15) is 13.2 Å². The fourth-order valence-corrected chi connectivity index (χ4v) is 7.35. The number of rotatable bonds is 48. The highest BCUT2D eigenvalue weighted by molar-refractivity contribution is 5.71. The number of esters is 3. The first kappa shape index (κ1) is 60.9. The number of hydrogen-bond donors (Lipinski definition) is 0. The number of carbonyl (C=O) groups is 3. The molecule has 0 aromatic heterocycles. The molecule has 0 spiro atoms. The molecule has 0 aliphatic heterocycles. The van der Waals surface area contributed by atoms with Crippen LogP contribution in [0.1, 0.15) is 258 Å². The summed E-state index contributed by atoms with van der Waals surface area (Å²) in [6, 6.07) is 0. The zero-order valence-electron chi connectivity index (χ0n) is 42.0. The highest BCUT2D eigenvalue weighted by Gasteiger charge is 2.19. The number of hydrogen-bond acceptors (Lipinski definition) is 6. The van der Waals surface area contributed by atoms with Crippen molar-refractivity contribution in [2.24, 2.45) is 0 Å². The molecule has 6 heteroatoms. The highest BCUT2D eigenvalue weighted by Crippen LogP contribution is 2.14. The van der Waals surface area contributed by atoms with E-state index in [0.717, 1.165) is 122 Å². The van der Waals surface area contributed by atoms with Crippen molar-refractivity contribution in [3.63, 3.8) is 0 Å². The maximum Gasteiger partial charge on any atom is 0.306 e. The van der Waals surface area contributed by atoms with Crippen LogP contribution in [0, 0.1) is 0 Å². The van der Waals surface area contributed by atoms with E-state index in [1.165, 1.54) is 96.3 Å². The second kappa shape index (κ2) is 52.5. The molecule has 64 heavy (non-hydrogen) atoms. The van der Waals surface area contributed by atoms with Crippen molar-refractivity contribution in [1.29, 1.82) is 0 Å². The number of allylic oxidation sites excluding steroid dienone is 12. The summed E-state index contributed by atoms with van der Waals surface area (Å²) < 4.78 is 16.8. The first-order valence-electron chi connectivity index (χ1n) is 26.9. The molecule has 0 saturated heterocycles. The lowest BCUT2D eigenvalue weighted by Crippen LogP contribution is -2.30. The largest absolute Gasteiger partial charge is 0.462 e. The summed E-state index contributed by atoms with van der Waals surface area (Å²) >= 11 is 0. The van der Waals surface area contributed by atoms with E-state index in [1.54, 1.807) is 0 Å². The minimum atomic E-state index is -0.792. The van der Waals surface area contributed by atoms with Crippen LogP contribution in [0.4, 0.5) is 0 Å². The van der Waals surface area contributed by atoms with Gasteiger partial charge in [-0.3, -0.25) is 14.4 Å². The van der Waals surface area contributed by atoms with Crippen LogP contribution in [0.5, 0.6) is 0 Å². The Labute approximate surface area is 395 Å². The van der Waals surface area contributed by atoms with Crippen molar-refractivity contribution < 1.29 is 28.6 Å². The van der Waals surface area contributed by atoms with Gasteiger partial charge in [0, 0.05) is 19.3 Å². The van der Waals surface area contributed by atoms with Gasteiger partial charge in [-0.15, -0.1) is 0 Å². The topological polar surface area (TPSA) is 78.9 Å². The third-order valence-electron chi connectivity index (χ3n) is 11.4. The zero-order valence-corrected chi connectivity index (χ0v) is 42.0. The molecule has 1 unspecified atom stereocenters. The summed E-state index contributed by atoms with van der Waals surface area (Å²) in [5.41, 5.74) is 0. The molecule has 0 heterocycles. The SMILES string of the molecule is CC/C=C\C/C=C\C/C=C\CCCCCCCC(=O)OC(COC(=O)CCCCCCC/C=C\C/C=C\CCCC)COC(=O)CCCCCCCCC/C=C\CCCCCCCC. The van der Waals surface area contributed by atoms with E-state index < -0.39 is 6.10 Å². The van der Waals surface area contributed by atoms with Crippen LogP contribution in [-0.4, -0.2) is 37.2 Å². The molecular weight excluding hydrogens is 793 g/mol. The Bertz CT molecular complexity index is 1210. The average molecular weight is 893 g/mol. The van der Waals surface area contributed by atoms with E-state index in [2.05, 4.69) is 93.7 Å². The van der Waals surface area contributed by atoms with E-state index in [9.17, 15) is 14.4 Å². The third-order valence-corrected chi connectivity index (χ3v) is 11.4. The number of ether oxygens (including phenoxy) is 3. The Balaban J connectivity index is 4.42. The van der Waals surface area contributed by atoms with Gasteiger partial charge >= 0.3 is 17.9 Å². The van der Waals surface area contributed by atoms with E-state index in [4.69, 9.17) is 14.2 Å². The van der Waals surface area contributed by atoms with Crippen molar-refractivity contribution >= 4 is 17.9 Å². The van der Waals surface area contributed by atoms with E-state index >= 15 is 0 Å². The summed E-state index contributed by atoms with van der Waals surface area (Å²) in [5, 5.41) is 0. The summed E-state index contributed by atoms with van der Waals surface area (Å²) in [6.45, 7) is 6.46. The molecule has 0 rings (SSSR count). The standard InChI is InChI=1S/C58H100O6/c1-4-7-10-13-16-19-22-25-28-29-31-33-36-39-42-45-48-51-57(60)63-54-55(53-62-56(59)50-47-44-41-38-35-32-27-24-21-18-15-12-9-6-3)64-58(61)52-49-46-43-40-37-34-30-26-23-20-17-14-11-8-5-2/h8,11,15,17-18,20,24-28,30,55H,4-7,9-10,12-14,16,19,21-23,29,31-54H2,1-3H3/b11-8-,18-15-,20-17-,27-24-,28-25-,30-26-. The lowest BCUT2D eigenvalue weighted by molar-refractivity contribution is -0.167. The lowest BCUT2D eigenvalue weighted by Gasteiger charge is -2.18. The van der Waals surface area contributed by atoms with E-state index in [0.29, 0.717) is 19.3 Å². The fraction of sp³-hybridized carbons (Fsp3) is 0.741. The van der Waals surface area contributed by atoms with Gasteiger partial charge in [-0.2, -0.15) is 0 Å². The fourth-order valence-electron chi connectivity index (χ4n) is 7.35. The maximum absolute atomic E-state index is 12.8. The van der Waals surface area contributed by atoms with Gasteiger partial charge in [0.2, 0.25) is 0 Å². The summed E-state index contributed by atoms with van der Waals surface area (Å²) in [6.07, 6.45) is 66.0. The van der Waals surface area contributed by atoms with Crippen molar-refractivity contribution in [2.75, 3.05) is 13.2 Å². The number of unbranched alkanes of at least 4 members (excludes halogenated alkanes) is 25.